The first-order valence-corrected chi connectivity index (χ1v) is 7.86. The van der Waals surface area contributed by atoms with Crippen LogP contribution in [0.25, 0.3) is 0 Å². The summed E-state index contributed by atoms with van der Waals surface area (Å²) in [5.41, 5.74) is 0.625. The van der Waals surface area contributed by atoms with Crippen LogP contribution >= 0.6 is 0 Å². The van der Waals surface area contributed by atoms with E-state index in [4.69, 9.17) is 9.47 Å². The monoisotopic (exact) mass is 305 g/mol. The molecule has 0 aliphatic carbocycles. The molecule has 1 N–H and O–H groups in total. The number of amides is 1. The zero-order chi connectivity index (χ0) is 15.6. The van der Waals surface area contributed by atoms with E-state index in [0.29, 0.717) is 31.6 Å². The molecule has 0 saturated carbocycles. The van der Waals surface area contributed by atoms with Crippen molar-refractivity contribution in [2.75, 3.05) is 19.8 Å². The van der Waals surface area contributed by atoms with E-state index in [-0.39, 0.29) is 18.0 Å². The molecular formula is C17H23NO4. The zero-order valence-electron chi connectivity index (χ0n) is 12.8. The minimum Gasteiger partial charge on any atom is -0.463 e. The molecular weight excluding hydrogens is 282 g/mol. The molecule has 0 spiro atoms. The quantitative estimate of drug-likeness (QED) is 0.620. The second kappa shape index (κ2) is 9.20. The van der Waals surface area contributed by atoms with Gasteiger partial charge < -0.3 is 14.8 Å². The van der Waals surface area contributed by atoms with E-state index in [1.165, 1.54) is 0 Å². The molecule has 0 bridgehead atoms. The summed E-state index contributed by atoms with van der Waals surface area (Å²) in [6.07, 6.45) is 4.11. The van der Waals surface area contributed by atoms with E-state index in [1.807, 2.05) is 18.2 Å². The Kier molecular flexibility index (Phi) is 6.90. The SMILES string of the molecule is O=C(CCCNC(=O)c1ccccc1)OCC1CCCCO1. The summed E-state index contributed by atoms with van der Waals surface area (Å²) in [6.45, 7) is 1.56. The molecule has 5 heteroatoms. The van der Waals surface area contributed by atoms with Crippen molar-refractivity contribution in [1.29, 1.82) is 0 Å². The van der Waals surface area contributed by atoms with Gasteiger partial charge in [-0.2, -0.15) is 0 Å². The van der Waals surface area contributed by atoms with Crippen molar-refractivity contribution in [3.8, 4) is 0 Å². The molecule has 1 atom stereocenters. The van der Waals surface area contributed by atoms with Gasteiger partial charge in [0.25, 0.3) is 5.91 Å². The fourth-order valence-electron chi connectivity index (χ4n) is 2.32. The highest BCUT2D eigenvalue weighted by atomic mass is 16.6. The van der Waals surface area contributed by atoms with Gasteiger partial charge in [-0.1, -0.05) is 18.2 Å². The molecule has 1 aromatic rings. The van der Waals surface area contributed by atoms with Crippen molar-refractivity contribution in [2.24, 2.45) is 0 Å². The molecule has 1 fully saturated rings. The molecule has 1 saturated heterocycles. The van der Waals surface area contributed by atoms with Gasteiger partial charge in [-0.15, -0.1) is 0 Å². The van der Waals surface area contributed by atoms with Crippen LogP contribution in [0.4, 0.5) is 0 Å². The van der Waals surface area contributed by atoms with Crippen LogP contribution < -0.4 is 5.32 Å². The topological polar surface area (TPSA) is 64.6 Å². The molecule has 1 aromatic carbocycles. The third-order valence-electron chi connectivity index (χ3n) is 3.58. The molecule has 1 aliphatic rings. The molecule has 1 heterocycles. The van der Waals surface area contributed by atoms with Crippen LogP contribution in [-0.4, -0.2) is 37.7 Å². The van der Waals surface area contributed by atoms with E-state index in [0.717, 1.165) is 25.9 Å². The first-order chi connectivity index (χ1) is 10.8. The molecule has 5 nitrogen and oxygen atoms in total. The fraction of sp³-hybridized carbons (Fsp3) is 0.529. The lowest BCUT2D eigenvalue weighted by Crippen LogP contribution is -2.27. The van der Waals surface area contributed by atoms with Crippen LogP contribution in [0, 0.1) is 0 Å². The average molecular weight is 305 g/mol. The van der Waals surface area contributed by atoms with Crippen LogP contribution in [0.5, 0.6) is 0 Å². The summed E-state index contributed by atoms with van der Waals surface area (Å²) < 4.78 is 10.7. The van der Waals surface area contributed by atoms with Gasteiger partial charge >= 0.3 is 5.97 Å². The number of carbonyl (C=O) groups is 2. The van der Waals surface area contributed by atoms with Gasteiger partial charge in [-0.25, -0.2) is 0 Å². The third-order valence-corrected chi connectivity index (χ3v) is 3.58. The first kappa shape index (κ1) is 16.5. The number of nitrogens with one attached hydrogen (secondary N) is 1. The number of ether oxygens (including phenoxy) is 2. The maximum Gasteiger partial charge on any atom is 0.305 e. The number of rotatable bonds is 7. The minimum atomic E-state index is -0.233. The van der Waals surface area contributed by atoms with Crippen molar-refractivity contribution in [2.45, 2.75) is 38.2 Å². The summed E-state index contributed by atoms with van der Waals surface area (Å²) in [7, 11) is 0. The van der Waals surface area contributed by atoms with Gasteiger partial charge in [0.05, 0.1) is 6.10 Å². The largest absolute Gasteiger partial charge is 0.463 e. The summed E-state index contributed by atoms with van der Waals surface area (Å²) >= 11 is 0. The summed E-state index contributed by atoms with van der Waals surface area (Å²) in [4.78, 5) is 23.4. The predicted octanol–water partition coefficient (Wildman–Crippen LogP) is 2.31. The van der Waals surface area contributed by atoms with E-state index in [2.05, 4.69) is 5.32 Å². The van der Waals surface area contributed by atoms with Gasteiger partial charge in [0.1, 0.15) is 6.61 Å². The Bertz CT molecular complexity index is 469. The predicted molar refractivity (Wildman–Crippen MR) is 82.6 cm³/mol. The number of benzene rings is 1. The fourth-order valence-corrected chi connectivity index (χ4v) is 2.32. The van der Waals surface area contributed by atoms with E-state index in [9.17, 15) is 9.59 Å². The zero-order valence-corrected chi connectivity index (χ0v) is 12.8. The Morgan fingerprint density at radius 2 is 2.05 bits per heavy atom. The molecule has 1 unspecified atom stereocenters. The minimum absolute atomic E-state index is 0.0514. The number of hydrogen-bond donors (Lipinski definition) is 1. The maximum absolute atomic E-state index is 11.8. The van der Waals surface area contributed by atoms with Gasteiger partial charge in [-0.3, -0.25) is 9.59 Å². The highest BCUT2D eigenvalue weighted by Gasteiger charge is 2.15. The van der Waals surface area contributed by atoms with Crippen LogP contribution in [0.1, 0.15) is 42.5 Å². The van der Waals surface area contributed by atoms with Gasteiger partial charge in [-0.05, 0) is 37.8 Å². The lowest BCUT2D eigenvalue weighted by atomic mass is 10.1. The summed E-state index contributed by atoms with van der Waals surface area (Å²) in [5, 5.41) is 2.79. The molecule has 22 heavy (non-hydrogen) atoms. The number of carbonyl (C=O) groups excluding carboxylic acids is 2. The Morgan fingerprint density at radius 1 is 1.23 bits per heavy atom. The van der Waals surface area contributed by atoms with E-state index in [1.54, 1.807) is 12.1 Å². The van der Waals surface area contributed by atoms with Crippen LogP contribution in [0.15, 0.2) is 30.3 Å². The molecule has 0 radical (unpaired) electrons. The maximum atomic E-state index is 11.8. The number of esters is 1. The smallest absolute Gasteiger partial charge is 0.305 e. The van der Waals surface area contributed by atoms with Crippen molar-refractivity contribution in [3.05, 3.63) is 35.9 Å². The van der Waals surface area contributed by atoms with Crippen molar-refractivity contribution >= 4 is 11.9 Å². The second-order valence-electron chi connectivity index (χ2n) is 5.40. The van der Waals surface area contributed by atoms with Crippen LogP contribution in [0.2, 0.25) is 0 Å². The molecule has 2 rings (SSSR count). The summed E-state index contributed by atoms with van der Waals surface area (Å²) in [6, 6.07) is 9.02. The summed E-state index contributed by atoms with van der Waals surface area (Å²) in [5.74, 6) is -0.354. The molecule has 0 aromatic heterocycles. The van der Waals surface area contributed by atoms with Crippen LogP contribution in [-0.2, 0) is 14.3 Å². The van der Waals surface area contributed by atoms with Crippen molar-refractivity contribution < 1.29 is 19.1 Å². The van der Waals surface area contributed by atoms with Crippen LogP contribution in [0.3, 0.4) is 0 Å². The highest BCUT2D eigenvalue weighted by molar-refractivity contribution is 5.94. The van der Waals surface area contributed by atoms with E-state index < -0.39 is 0 Å². The van der Waals surface area contributed by atoms with Crippen molar-refractivity contribution in [3.63, 3.8) is 0 Å². The molecule has 1 aliphatic heterocycles. The lowest BCUT2D eigenvalue weighted by Gasteiger charge is -2.22. The Labute approximate surface area is 131 Å². The Balaban J connectivity index is 1.54. The molecule has 120 valence electrons. The Hall–Kier alpha value is -1.88. The lowest BCUT2D eigenvalue weighted by molar-refractivity contribution is -0.149. The average Bonchev–Trinajstić information content (AvgIpc) is 2.58. The number of hydrogen-bond acceptors (Lipinski definition) is 4. The standard InChI is InChI=1S/C17H23NO4/c19-16(22-13-15-9-4-5-12-21-15)10-6-11-18-17(20)14-7-2-1-3-8-14/h1-3,7-8,15H,4-6,9-13H2,(H,18,20). The highest BCUT2D eigenvalue weighted by Crippen LogP contribution is 2.13. The van der Waals surface area contributed by atoms with Crippen molar-refractivity contribution in [1.82, 2.24) is 5.32 Å². The van der Waals surface area contributed by atoms with E-state index >= 15 is 0 Å². The van der Waals surface area contributed by atoms with Gasteiger partial charge in [0.2, 0.25) is 0 Å². The normalized spacial score (nSPS) is 17.7. The second-order valence-corrected chi connectivity index (χ2v) is 5.40. The third kappa shape index (κ3) is 5.85. The molecule has 1 amide bonds. The van der Waals surface area contributed by atoms with Gasteiger partial charge in [0, 0.05) is 25.1 Å². The first-order valence-electron chi connectivity index (χ1n) is 7.86. The Morgan fingerprint density at radius 3 is 2.77 bits per heavy atom. The van der Waals surface area contributed by atoms with Gasteiger partial charge in [0.15, 0.2) is 0 Å².